The highest BCUT2D eigenvalue weighted by Gasteiger charge is 2.09. The molecule has 0 aliphatic heterocycles. The lowest BCUT2D eigenvalue weighted by Gasteiger charge is -2.07. The topological polar surface area (TPSA) is 14.2 Å². The van der Waals surface area contributed by atoms with Crippen LogP contribution >= 0.6 is 0 Å². The molecule has 0 N–H and O–H groups in total. The van der Waals surface area contributed by atoms with Crippen molar-refractivity contribution in [2.24, 2.45) is 7.05 Å². The minimum Gasteiger partial charge on any atom is -0.489 e. The fourth-order valence-electron chi connectivity index (χ4n) is 2.71. The van der Waals surface area contributed by atoms with E-state index in [0.717, 1.165) is 5.75 Å². The summed E-state index contributed by atoms with van der Waals surface area (Å²) in [5, 5.41) is 1.31. The molecule has 0 unspecified atom stereocenters. The monoisotopic (exact) mass is 265 g/mol. The Hall–Kier alpha value is -2.22. The second-order valence-electron chi connectivity index (χ2n) is 5.34. The van der Waals surface area contributed by atoms with Crippen LogP contribution in [0.3, 0.4) is 0 Å². The van der Waals surface area contributed by atoms with E-state index in [0.29, 0.717) is 6.61 Å². The van der Waals surface area contributed by atoms with E-state index >= 15 is 0 Å². The summed E-state index contributed by atoms with van der Waals surface area (Å²) in [5.74, 6) is 0.926. The third-order valence-electron chi connectivity index (χ3n) is 3.69. The van der Waals surface area contributed by atoms with Crippen molar-refractivity contribution in [3.05, 3.63) is 65.4 Å². The van der Waals surface area contributed by atoms with Crippen LogP contribution in [-0.4, -0.2) is 4.57 Å². The van der Waals surface area contributed by atoms with Crippen molar-refractivity contribution in [1.82, 2.24) is 4.57 Å². The molecule has 3 aromatic rings. The third-order valence-corrected chi connectivity index (χ3v) is 3.69. The molecule has 1 heterocycles. The van der Waals surface area contributed by atoms with E-state index in [1.165, 1.54) is 27.6 Å². The van der Waals surface area contributed by atoms with Crippen LogP contribution in [0.1, 0.15) is 16.7 Å². The van der Waals surface area contributed by atoms with Crippen molar-refractivity contribution in [1.29, 1.82) is 0 Å². The Morgan fingerprint density at radius 3 is 2.65 bits per heavy atom. The van der Waals surface area contributed by atoms with Crippen molar-refractivity contribution in [2.75, 3.05) is 0 Å². The van der Waals surface area contributed by atoms with Gasteiger partial charge in [0.2, 0.25) is 0 Å². The summed E-state index contributed by atoms with van der Waals surface area (Å²) in [7, 11) is 2.08. The van der Waals surface area contributed by atoms with E-state index in [2.05, 4.69) is 62.0 Å². The van der Waals surface area contributed by atoms with Crippen LogP contribution in [0.5, 0.6) is 5.75 Å². The van der Waals surface area contributed by atoms with Crippen molar-refractivity contribution < 1.29 is 4.74 Å². The Morgan fingerprint density at radius 2 is 1.85 bits per heavy atom. The SMILES string of the molecule is Cc1cccc(OCc2cn(C)c3cccc(C)c23)c1. The maximum absolute atomic E-state index is 5.94. The first-order valence-electron chi connectivity index (χ1n) is 6.88. The summed E-state index contributed by atoms with van der Waals surface area (Å²) >= 11 is 0. The number of nitrogens with zero attached hydrogens (tertiary/aromatic N) is 1. The average Bonchev–Trinajstić information content (AvgIpc) is 2.75. The average molecular weight is 265 g/mol. The first-order chi connectivity index (χ1) is 9.65. The van der Waals surface area contributed by atoms with Gasteiger partial charge in [-0.3, -0.25) is 0 Å². The largest absolute Gasteiger partial charge is 0.489 e. The molecule has 0 saturated carbocycles. The Kier molecular flexibility index (Phi) is 3.23. The van der Waals surface area contributed by atoms with Crippen molar-refractivity contribution in [3.63, 3.8) is 0 Å². The Labute approximate surface area is 119 Å². The van der Waals surface area contributed by atoms with Gasteiger partial charge in [0.1, 0.15) is 12.4 Å². The molecule has 0 bridgehead atoms. The first-order valence-corrected chi connectivity index (χ1v) is 6.88. The molecule has 0 aliphatic carbocycles. The lowest BCUT2D eigenvalue weighted by atomic mass is 10.1. The van der Waals surface area contributed by atoms with Gasteiger partial charge in [0.15, 0.2) is 0 Å². The van der Waals surface area contributed by atoms with E-state index in [9.17, 15) is 0 Å². The number of hydrogen-bond acceptors (Lipinski definition) is 1. The number of benzene rings is 2. The quantitative estimate of drug-likeness (QED) is 0.685. The second kappa shape index (κ2) is 5.04. The Bertz CT molecular complexity index is 755. The van der Waals surface area contributed by atoms with E-state index < -0.39 is 0 Å². The molecule has 102 valence electrons. The van der Waals surface area contributed by atoms with Crippen molar-refractivity contribution >= 4 is 10.9 Å². The van der Waals surface area contributed by atoms with Gasteiger partial charge in [-0.15, -0.1) is 0 Å². The van der Waals surface area contributed by atoms with Gasteiger partial charge in [-0.2, -0.15) is 0 Å². The smallest absolute Gasteiger partial charge is 0.120 e. The van der Waals surface area contributed by atoms with Gasteiger partial charge in [-0.25, -0.2) is 0 Å². The molecule has 0 spiro atoms. The predicted octanol–water partition coefficient (Wildman–Crippen LogP) is 4.37. The highest BCUT2D eigenvalue weighted by molar-refractivity contribution is 5.87. The lowest BCUT2D eigenvalue weighted by Crippen LogP contribution is -1.95. The fourth-order valence-corrected chi connectivity index (χ4v) is 2.71. The summed E-state index contributed by atoms with van der Waals surface area (Å²) in [4.78, 5) is 0. The molecule has 0 amide bonds. The van der Waals surface area contributed by atoms with Crippen LogP contribution in [-0.2, 0) is 13.7 Å². The zero-order valence-corrected chi connectivity index (χ0v) is 12.2. The summed E-state index contributed by atoms with van der Waals surface area (Å²) in [6.45, 7) is 4.83. The standard InChI is InChI=1S/C18H19NO/c1-13-6-4-8-16(10-13)20-12-15-11-19(3)17-9-5-7-14(2)18(15)17/h4-11H,12H2,1-3H3. The zero-order valence-electron chi connectivity index (χ0n) is 12.2. The number of aryl methyl sites for hydroxylation is 3. The van der Waals surface area contributed by atoms with Crippen LogP contribution in [0.15, 0.2) is 48.7 Å². The molecule has 2 nitrogen and oxygen atoms in total. The van der Waals surface area contributed by atoms with Crippen LogP contribution < -0.4 is 4.74 Å². The molecule has 0 atom stereocenters. The van der Waals surface area contributed by atoms with Gasteiger partial charge in [-0.1, -0.05) is 24.3 Å². The molecule has 3 rings (SSSR count). The van der Waals surface area contributed by atoms with Crippen molar-refractivity contribution in [2.45, 2.75) is 20.5 Å². The van der Waals surface area contributed by atoms with Crippen LogP contribution in [0.2, 0.25) is 0 Å². The van der Waals surface area contributed by atoms with E-state index in [-0.39, 0.29) is 0 Å². The molecule has 0 radical (unpaired) electrons. The summed E-state index contributed by atoms with van der Waals surface area (Å²) in [6.07, 6.45) is 2.16. The highest BCUT2D eigenvalue weighted by atomic mass is 16.5. The normalized spacial score (nSPS) is 10.9. The molecular weight excluding hydrogens is 246 g/mol. The Balaban J connectivity index is 1.92. The number of rotatable bonds is 3. The number of hydrogen-bond donors (Lipinski definition) is 0. The van der Waals surface area contributed by atoms with Gasteiger partial charge in [-0.05, 0) is 43.2 Å². The van der Waals surface area contributed by atoms with E-state index in [1.807, 2.05) is 12.1 Å². The first kappa shape index (κ1) is 12.8. The van der Waals surface area contributed by atoms with Crippen LogP contribution in [0, 0.1) is 13.8 Å². The second-order valence-corrected chi connectivity index (χ2v) is 5.34. The molecular formula is C18H19NO. The molecule has 2 aromatic carbocycles. The maximum atomic E-state index is 5.94. The summed E-state index contributed by atoms with van der Waals surface area (Å²) < 4.78 is 8.10. The maximum Gasteiger partial charge on any atom is 0.120 e. The predicted molar refractivity (Wildman–Crippen MR) is 83.2 cm³/mol. The fraction of sp³-hybridized carbons (Fsp3) is 0.222. The van der Waals surface area contributed by atoms with Gasteiger partial charge < -0.3 is 9.30 Å². The van der Waals surface area contributed by atoms with Crippen LogP contribution in [0.4, 0.5) is 0 Å². The highest BCUT2D eigenvalue weighted by Crippen LogP contribution is 2.25. The molecule has 20 heavy (non-hydrogen) atoms. The minimum atomic E-state index is 0.603. The zero-order chi connectivity index (χ0) is 14.1. The lowest BCUT2D eigenvalue weighted by molar-refractivity contribution is 0.307. The van der Waals surface area contributed by atoms with Gasteiger partial charge in [0.05, 0.1) is 0 Å². The third kappa shape index (κ3) is 2.29. The number of aromatic nitrogens is 1. The molecule has 0 fully saturated rings. The van der Waals surface area contributed by atoms with Gasteiger partial charge in [0.25, 0.3) is 0 Å². The molecule has 0 aliphatic rings. The summed E-state index contributed by atoms with van der Waals surface area (Å²) in [5.41, 5.74) is 5.01. The van der Waals surface area contributed by atoms with E-state index in [4.69, 9.17) is 4.74 Å². The number of ether oxygens (including phenoxy) is 1. The van der Waals surface area contributed by atoms with E-state index in [1.54, 1.807) is 0 Å². The Morgan fingerprint density at radius 1 is 1.05 bits per heavy atom. The molecule has 2 heteroatoms. The minimum absolute atomic E-state index is 0.603. The van der Waals surface area contributed by atoms with Crippen LogP contribution in [0.25, 0.3) is 10.9 Å². The van der Waals surface area contributed by atoms with Gasteiger partial charge in [0, 0.05) is 29.7 Å². The van der Waals surface area contributed by atoms with Crippen molar-refractivity contribution in [3.8, 4) is 5.75 Å². The van der Waals surface area contributed by atoms with Gasteiger partial charge >= 0.3 is 0 Å². The summed E-state index contributed by atoms with van der Waals surface area (Å²) in [6, 6.07) is 14.6. The number of fused-ring (bicyclic) bond motifs is 1. The molecule has 0 saturated heterocycles. The molecule has 1 aromatic heterocycles.